The second kappa shape index (κ2) is 10.9. The molecule has 2 N–H and O–H groups in total. The molecule has 0 spiro atoms. The van der Waals surface area contributed by atoms with Crippen LogP contribution >= 0.6 is 11.6 Å². The van der Waals surface area contributed by atoms with E-state index in [1.54, 1.807) is 19.4 Å². The van der Waals surface area contributed by atoms with Crippen molar-refractivity contribution >= 4 is 23.4 Å². The molecule has 1 aliphatic heterocycles. The zero-order chi connectivity index (χ0) is 20.5. The predicted octanol–water partition coefficient (Wildman–Crippen LogP) is 3.25. The Labute approximate surface area is 177 Å². The lowest BCUT2D eigenvalue weighted by Gasteiger charge is -2.20. The molecule has 0 aromatic carbocycles. The maximum Gasteiger partial charge on any atom is 0.218 e. The zero-order valence-electron chi connectivity index (χ0n) is 17.1. The largest absolute Gasteiger partial charge is 0.477 e. The molecule has 0 bridgehead atoms. The highest BCUT2D eigenvalue weighted by Crippen LogP contribution is 2.25. The first kappa shape index (κ1) is 21.2. The van der Waals surface area contributed by atoms with Gasteiger partial charge in [0.15, 0.2) is 5.96 Å². The Morgan fingerprint density at radius 1 is 1.31 bits per heavy atom. The number of nitrogens with one attached hydrogen (secondary N) is 2. The monoisotopic (exact) mass is 416 g/mol. The number of aliphatic imine (C=N–C) groups is 1. The minimum absolute atomic E-state index is 0.272. The molecular weight excluding hydrogens is 388 g/mol. The lowest BCUT2D eigenvalue weighted by atomic mass is 10.2. The average molecular weight is 417 g/mol. The molecule has 2 aromatic heterocycles. The Hall–Kier alpha value is -2.54. The van der Waals surface area contributed by atoms with Gasteiger partial charge in [0.05, 0.1) is 11.6 Å². The van der Waals surface area contributed by atoms with E-state index in [1.807, 2.05) is 24.3 Å². The van der Waals surface area contributed by atoms with E-state index in [9.17, 15) is 0 Å². The minimum Gasteiger partial charge on any atom is -0.477 e. The van der Waals surface area contributed by atoms with Crippen LogP contribution in [0.3, 0.4) is 0 Å². The van der Waals surface area contributed by atoms with E-state index in [4.69, 9.17) is 16.3 Å². The first-order chi connectivity index (χ1) is 14.2. The standard InChI is InChI=1S/C21H29ClN6O/c1-3-4-13-29-20-16(7-5-11-25-20)14-26-21(23-2)27-17-9-12-28(15-17)19-18(22)8-6-10-24-19/h5-8,10-11,17H,3-4,9,12-15H2,1-2H3,(H2,23,26,27). The number of hydrogen-bond donors (Lipinski definition) is 2. The summed E-state index contributed by atoms with van der Waals surface area (Å²) in [6, 6.07) is 7.94. The van der Waals surface area contributed by atoms with Gasteiger partial charge in [0.1, 0.15) is 5.82 Å². The van der Waals surface area contributed by atoms with E-state index in [0.29, 0.717) is 24.1 Å². The second-order valence-electron chi connectivity index (χ2n) is 6.98. The van der Waals surface area contributed by atoms with Crippen LogP contribution in [-0.4, -0.2) is 48.7 Å². The van der Waals surface area contributed by atoms with Crippen LogP contribution in [0.1, 0.15) is 31.7 Å². The number of guanidine groups is 1. The predicted molar refractivity (Wildman–Crippen MR) is 118 cm³/mol. The first-order valence-electron chi connectivity index (χ1n) is 10.1. The van der Waals surface area contributed by atoms with E-state index in [0.717, 1.165) is 49.7 Å². The maximum atomic E-state index is 6.28. The third-order valence-corrected chi connectivity index (χ3v) is 5.12. The number of aromatic nitrogens is 2. The van der Waals surface area contributed by atoms with Crippen molar-refractivity contribution in [1.82, 2.24) is 20.6 Å². The first-order valence-corrected chi connectivity index (χ1v) is 10.5. The van der Waals surface area contributed by atoms with Gasteiger partial charge < -0.3 is 20.3 Å². The van der Waals surface area contributed by atoms with Gasteiger partial charge in [-0.3, -0.25) is 4.99 Å². The number of pyridine rings is 2. The summed E-state index contributed by atoms with van der Waals surface area (Å²) in [5.41, 5.74) is 1.01. The summed E-state index contributed by atoms with van der Waals surface area (Å²) in [5.74, 6) is 2.28. The van der Waals surface area contributed by atoms with Gasteiger partial charge in [-0.2, -0.15) is 0 Å². The van der Waals surface area contributed by atoms with Crippen molar-refractivity contribution in [2.24, 2.45) is 4.99 Å². The van der Waals surface area contributed by atoms with Gasteiger partial charge in [0.25, 0.3) is 0 Å². The number of anilines is 1. The molecule has 0 radical (unpaired) electrons. The van der Waals surface area contributed by atoms with Gasteiger partial charge in [-0.15, -0.1) is 0 Å². The fourth-order valence-corrected chi connectivity index (χ4v) is 3.49. The number of hydrogen-bond acceptors (Lipinski definition) is 5. The third kappa shape index (κ3) is 5.97. The summed E-state index contributed by atoms with van der Waals surface area (Å²) < 4.78 is 5.81. The molecule has 7 nitrogen and oxygen atoms in total. The number of unbranched alkanes of at least 4 members (excludes halogenated alkanes) is 1. The average Bonchev–Trinajstić information content (AvgIpc) is 3.20. The Bertz CT molecular complexity index is 815. The summed E-state index contributed by atoms with van der Waals surface area (Å²) in [4.78, 5) is 15.3. The lowest BCUT2D eigenvalue weighted by molar-refractivity contribution is 0.294. The van der Waals surface area contributed by atoms with E-state index in [2.05, 4.69) is 37.4 Å². The molecule has 0 saturated carbocycles. The van der Waals surface area contributed by atoms with E-state index in [-0.39, 0.29) is 6.04 Å². The summed E-state index contributed by atoms with van der Waals surface area (Å²) >= 11 is 6.28. The van der Waals surface area contributed by atoms with Crippen LogP contribution in [0.15, 0.2) is 41.7 Å². The van der Waals surface area contributed by atoms with Crippen molar-refractivity contribution < 1.29 is 4.74 Å². The number of halogens is 1. The molecule has 1 unspecified atom stereocenters. The maximum absolute atomic E-state index is 6.28. The number of nitrogens with zero attached hydrogens (tertiary/aromatic N) is 4. The molecule has 3 rings (SSSR count). The highest BCUT2D eigenvalue weighted by Gasteiger charge is 2.25. The van der Waals surface area contributed by atoms with Crippen molar-refractivity contribution in [3.63, 3.8) is 0 Å². The van der Waals surface area contributed by atoms with Crippen LogP contribution in [0, 0.1) is 0 Å². The molecule has 2 aromatic rings. The van der Waals surface area contributed by atoms with E-state index in [1.165, 1.54) is 0 Å². The van der Waals surface area contributed by atoms with Crippen LogP contribution in [0.4, 0.5) is 5.82 Å². The topological polar surface area (TPSA) is 74.7 Å². The molecule has 1 saturated heterocycles. The molecule has 0 amide bonds. The molecular formula is C21H29ClN6O. The third-order valence-electron chi connectivity index (χ3n) is 4.82. The molecule has 156 valence electrons. The fourth-order valence-electron chi connectivity index (χ4n) is 3.25. The van der Waals surface area contributed by atoms with Crippen LogP contribution in [0.5, 0.6) is 5.88 Å². The highest BCUT2D eigenvalue weighted by molar-refractivity contribution is 6.32. The molecule has 1 atom stereocenters. The van der Waals surface area contributed by atoms with Gasteiger partial charge in [-0.25, -0.2) is 9.97 Å². The normalized spacial score (nSPS) is 16.7. The molecule has 1 aliphatic rings. The molecule has 29 heavy (non-hydrogen) atoms. The Morgan fingerprint density at radius 3 is 2.93 bits per heavy atom. The molecule has 3 heterocycles. The molecule has 1 fully saturated rings. The van der Waals surface area contributed by atoms with Gasteiger partial charge in [-0.1, -0.05) is 31.0 Å². The van der Waals surface area contributed by atoms with Gasteiger partial charge in [0, 0.05) is 50.7 Å². The minimum atomic E-state index is 0.272. The number of rotatable bonds is 8. The van der Waals surface area contributed by atoms with Gasteiger partial charge in [0.2, 0.25) is 5.88 Å². The summed E-state index contributed by atoms with van der Waals surface area (Å²) in [7, 11) is 1.78. The fraction of sp³-hybridized carbons (Fsp3) is 0.476. The van der Waals surface area contributed by atoms with Crippen molar-refractivity contribution in [3.05, 3.63) is 47.2 Å². The summed E-state index contributed by atoms with van der Waals surface area (Å²) in [6.07, 6.45) is 6.64. The Morgan fingerprint density at radius 2 is 2.14 bits per heavy atom. The van der Waals surface area contributed by atoms with Gasteiger partial charge >= 0.3 is 0 Å². The zero-order valence-corrected chi connectivity index (χ0v) is 17.8. The quantitative estimate of drug-likeness (QED) is 0.391. The van der Waals surface area contributed by atoms with Crippen molar-refractivity contribution in [1.29, 1.82) is 0 Å². The van der Waals surface area contributed by atoms with Crippen molar-refractivity contribution in [3.8, 4) is 5.88 Å². The van der Waals surface area contributed by atoms with Crippen LogP contribution in [0.2, 0.25) is 5.02 Å². The van der Waals surface area contributed by atoms with Crippen LogP contribution < -0.4 is 20.3 Å². The van der Waals surface area contributed by atoms with Crippen molar-refractivity contribution in [2.75, 3.05) is 31.6 Å². The number of ether oxygens (including phenoxy) is 1. The molecule has 0 aliphatic carbocycles. The Balaban J connectivity index is 1.52. The van der Waals surface area contributed by atoms with Crippen LogP contribution in [0.25, 0.3) is 0 Å². The second-order valence-corrected chi connectivity index (χ2v) is 7.39. The molecule has 8 heteroatoms. The highest BCUT2D eigenvalue weighted by atomic mass is 35.5. The van der Waals surface area contributed by atoms with E-state index >= 15 is 0 Å². The smallest absolute Gasteiger partial charge is 0.218 e. The van der Waals surface area contributed by atoms with Crippen molar-refractivity contribution in [2.45, 2.75) is 38.8 Å². The summed E-state index contributed by atoms with van der Waals surface area (Å²) in [6.45, 7) is 5.16. The summed E-state index contributed by atoms with van der Waals surface area (Å²) in [5, 5.41) is 7.54. The Kier molecular flexibility index (Phi) is 7.93. The lowest BCUT2D eigenvalue weighted by Crippen LogP contribution is -2.44. The van der Waals surface area contributed by atoms with E-state index < -0.39 is 0 Å². The SMILES string of the molecule is CCCCOc1ncccc1CNC(=NC)NC1CCN(c2ncccc2Cl)C1. The van der Waals surface area contributed by atoms with Gasteiger partial charge in [-0.05, 0) is 31.0 Å². The van der Waals surface area contributed by atoms with Crippen LogP contribution in [-0.2, 0) is 6.54 Å².